The van der Waals surface area contributed by atoms with Gasteiger partial charge in [0.05, 0.1) is 6.10 Å². The molecule has 1 N–H and O–H groups in total. The summed E-state index contributed by atoms with van der Waals surface area (Å²) >= 11 is 0. The Kier molecular flexibility index (Phi) is 2.77. The van der Waals surface area contributed by atoms with Crippen molar-refractivity contribution in [2.24, 2.45) is 5.92 Å². The number of aliphatic hydroxyl groups is 1. The van der Waals surface area contributed by atoms with Crippen molar-refractivity contribution in [3.63, 3.8) is 0 Å². The van der Waals surface area contributed by atoms with Crippen LogP contribution in [0.15, 0.2) is 0 Å². The van der Waals surface area contributed by atoms with E-state index in [1.165, 1.54) is 6.42 Å². The summed E-state index contributed by atoms with van der Waals surface area (Å²) in [6.07, 6.45) is 4.14. The van der Waals surface area contributed by atoms with Crippen LogP contribution in [0.2, 0.25) is 0 Å². The zero-order valence-corrected chi connectivity index (χ0v) is 6.43. The topological polar surface area (TPSA) is 20.2 Å². The third-order valence-electron chi connectivity index (χ3n) is 2.16. The van der Waals surface area contributed by atoms with Gasteiger partial charge in [-0.2, -0.15) is 0 Å². The van der Waals surface area contributed by atoms with E-state index < -0.39 is 0 Å². The fourth-order valence-corrected chi connectivity index (χ4v) is 1.49. The van der Waals surface area contributed by atoms with Crippen LogP contribution in [0.3, 0.4) is 0 Å². The smallest absolute Gasteiger partial charge is 0.0577 e. The van der Waals surface area contributed by atoms with E-state index in [-0.39, 0.29) is 6.10 Å². The van der Waals surface area contributed by atoms with Crippen LogP contribution in [-0.2, 0) is 0 Å². The lowest BCUT2D eigenvalue weighted by Gasteiger charge is -2.08. The first-order valence-corrected chi connectivity index (χ1v) is 3.92. The third kappa shape index (κ3) is 1.75. The van der Waals surface area contributed by atoms with Crippen molar-refractivity contribution in [2.45, 2.75) is 38.7 Å². The van der Waals surface area contributed by atoms with E-state index in [4.69, 9.17) is 0 Å². The fraction of sp³-hybridized carbons (Fsp3) is 0.778. The summed E-state index contributed by atoms with van der Waals surface area (Å²) in [5.41, 5.74) is 0. The summed E-state index contributed by atoms with van der Waals surface area (Å²) in [5.74, 6) is 6.33. The fourth-order valence-electron chi connectivity index (χ4n) is 1.49. The molecule has 1 aliphatic carbocycles. The lowest BCUT2D eigenvalue weighted by molar-refractivity contribution is 0.135. The Bertz CT molecular complexity index is 152. The van der Waals surface area contributed by atoms with E-state index in [1.807, 2.05) is 6.92 Å². The van der Waals surface area contributed by atoms with Gasteiger partial charge in [-0.15, -0.1) is 11.8 Å². The maximum Gasteiger partial charge on any atom is 0.0577 e. The first kappa shape index (κ1) is 7.63. The van der Waals surface area contributed by atoms with E-state index in [9.17, 15) is 5.11 Å². The van der Waals surface area contributed by atoms with Crippen molar-refractivity contribution < 1.29 is 5.11 Å². The highest BCUT2D eigenvalue weighted by Gasteiger charge is 2.23. The number of aliphatic hydroxyl groups excluding tert-OH is 1. The molecule has 10 heavy (non-hydrogen) atoms. The summed E-state index contributed by atoms with van der Waals surface area (Å²) in [6, 6.07) is 0. The third-order valence-corrected chi connectivity index (χ3v) is 2.16. The maximum atomic E-state index is 9.35. The SMILES string of the molecule is CC#CCC1CCCC1O. The summed E-state index contributed by atoms with van der Waals surface area (Å²) in [7, 11) is 0. The van der Waals surface area contributed by atoms with Crippen molar-refractivity contribution in [3.05, 3.63) is 0 Å². The van der Waals surface area contributed by atoms with Crippen LogP contribution in [0.25, 0.3) is 0 Å². The lowest BCUT2D eigenvalue weighted by atomic mass is 10.0. The molecule has 0 aromatic heterocycles. The van der Waals surface area contributed by atoms with Gasteiger partial charge in [-0.25, -0.2) is 0 Å². The molecular weight excluding hydrogens is 124 g/mol. The summed E-state index contributed by atoms with van der Waals surface area (Å²) in [5, 5.41) is 9.35. The molecule has 1 nitrogen and oxygen atoms in total. The van der Waals surface area contributed by atoms with Gasteiger partial charge in [-0.1, -0.05) is 6.42 Å². The van der Waals surface area contributed by atoms with Crippen molar-refractivity contribution in [2.75, 3.05) is 0 Å². The molecule has 1 aliphatic rings. The average Bonchev–Trinajstić information content (AvgIpc) is 2.31. The van der Waals surface area contributed by atoms with Crippen molar-refractivity contribution in [1.29, 1.82) is 0 Å². The normalized spacial score (nSPS) is 31.4. The molecule has 1 saturated carbocycles. The minimum absolute atomic E-state index is 0.0687. The number of hydrogen-bond acceptors (Lipinski definition) is 1. The zero-order valence-electron chi connectivity index (χ0n) is 6.43. The van der Waals surface area contributed by atoms with E-state index in [1.54, 1.807) is 0 Å². The molecule has 0 heterocycles. The largest absolute Gasteiger partial charge is 0.393 e. The Balaban J connectivity index is 2.31. The Morgan fingerprint density at radius 2 is 2.30 bits per heavy atom. The van der Waals surface area contributed by atoms with Gasteiger partial charge in [0.25, 0.3) is 0 Å². The van der Waals surface area contributed by atoms with Crippen molar-refractivity contribution >= 4 is 0 Å². The second-order valence-corrected chi connectivity index (χ2v) is 2.89. The van der Waals surface area contributed by atoms with Crippen LogP contribution in [0, 0.1) is 17.8 Å². The minimum Gasteiger partial charge on any atom is -0.393 e. The van der Waals surface area contributed by atoms with Crippen LogP contribution in [0.1, 0.15) is 32.6 Å². The molecule has 0 bridgehead atoms. The first-order chi connectivity index (χ1) is 4.84. The Morgan fingerprint density at radius 1 is 1.50 bits per heavy atom. The lowest BCUT2D eigenvalue weighted by Crippen LogP contribution is -2.11. The maximum absolute atomic E-state index is 9.35. The van der Waals surface area contributed by atoms with Crippen LogP contribution in [0.5, 0.6) is 0 Å². The Labute approximate surface area is 62.4 Å². The second-order valence-electron chi connectivity index (χ2n) is 2.89. The molecule has 1 heteroatoms. The molecule has 1 fully saturated rings. The average molecular weight is 138 g/mol. The standard InChI is InChI=1S/C9H14O/c1-2-3-5-8-6-4-7-9(8)10/h8-10H,4-7H2,1H3. The van der Waals surface area contributed by atoms with Crippen LogP contribution in [0.4, 0.5) is 0 Å². The molecule has 56 valence electrons. The van der Waals surface area contributed by atoms with Crippen molar-refractivity contribution in [3.8, 4) is 11.8 Å². The zero-order chi connectivity index (χ0) is 7.40. The van der Waals surface area contributed by atoms with Crippen LogP contribution >= 0.6 is 0 Å². The molecule has 2 unspecified atom stereocenters. The van der Waals surface area contributed by atoms with Gasteiger partial charge in [0.15, 0.2) is 0 Å². The molecule has 0 aliphatic heterocycles. The molecule has 0 saturated heterocycles. The quantitative estimate of drug-likeness (QED) is 0.545. The molecular formula is C9H14O. The van der Waals surface area contributed by atoms with E-state index in [2.05, 4.69) is 11.8 Å². The Morgan fingerprint density at radius 3 is 2.80 bits per heavy atom. The molecule has 1 rings (SSSR count). The molecule has 0 aromatic rings. The van der Waals surface area contributed by atoms with Gasteiger partial charge in [-0.3, -0.25) is 0 Å². The first-order valence-electron chi connectivity index (χ1n) is 3.92. The molecule has 0 aromatic carbocycles. The summed E-state index contributed by atoms with van der Waals surface area (Å²) in [6.45, 7) is 1.85. The number of hydrogen-bond donors (Lipinski definition) is 1. The van der Waals surface area contributed by atoms with Gasteiger partial charge < -0.3 is 5.11 Å². The number of rotatable bonds is 1. The highest BCUT2D eigenvalue weighted by Crippen LogP contribution is 2.27. The van der Waals surface area contributed by atoms with Gasteiger partial charge in [0.2, 0.25) is 0 Å². The predicted octanol–water partition coefficient (Wildman–Crippen LogP) is 1.56. The molecule has 0 radical (unpaired) electrons. The molecule has 2 atom stereocenters. The van der Waals surface area contributed by atoms with Gasteiger partial charge >= 0.3 is 0 Å². The van der Waals surface area contributed by atoms with E-state index >= 15 is 0 Å². The van der Waals surface area contributed by atoms with Gasteiger partial charge in [0, 0.05) is 6.42 Å². The molecule has 0 amide bonds. The monoisotopic (exact) mass is 138 g/mol. The van der Waals surface area contributed by atoms with Crippen LogP contribution in [-0.4, -0.2) is 11.2 Å². The van der Waals surface area contributed by atoms with Gasteiger partial charge in [0.1, 0.15) is 0 Å². The van der Waals surface area contributed by atoms with Crippen LogP contribution < -0.4 is 0 Å². The van der Waals surface area contributed by atoms with E-state index in [0.717, 1.165) is 19.3 Å². The van der Waals surface area contributed by atoms with Crippen molar-refractivity contribution in [1.82, 2.24) is 0 Å². The van der Waals surface area contributed by atoms with E-state index in [0.29, 0.717) is 5.92 Å². The highest BCUT2D eigenvalue weighted by molar-refractivity contribution is 4.98. The summed E-state index contributed by atoms with van der Waals surface area (Å²) < 4.78 is 0. The second kappa shape index (κ2) is 3.63. The predicted molar refractivity (Wildman–Crippen MR) is 41.4 cm³/mol. The minimum atomic E-state index is -0.0687. The molecule has 0 spiro atoms. The Hall–Kier alpha value is -0.480. The van der Waals surface area contributed by atoms with Gasteiger partial charge in [-0.05, 0) is 25.7 Å². The summed E-state index contributed by atoms with van der Waals surface area (Å²) in [4.78, 5) is 0. The highest BCUT2D eigenvalue weighted by atomic mass is 16.3.